The Morgan fingerprint density at radius 2 is 2.00 bits per heavy atom. The Morgan fingerprint density at radius 3 is 2.70 bits per heavy atom. The van der Waals surface area contributed by atoms with Gasteiger partial charge in [-0.1, -0.05) is 17.7 Å². The highest BCUT2D eigenvalue weighted by atomic mass is 35.5. The summed E-state index contributed by atoms with van der Waals surface area (Å²) in [5, 5.41) is 4.49. The zero-order valence-corrected chi connectivity index (χ0v) is 11.3. The van der Waals surface area contributed by atoms with Gasteiger partial charge in [0.15, 0.2) is 5.65 Å². The maximum absolute atomic E-state index is 13.1. The summed E-state index contributed by atoms with van der Waals surface area (Å²) < 4.78 is 27.4. The molecule has 0 amide bonds. The maximum Gasteiger partial charge on any atom is 0.280 e. The Morgan fingerprint density at radius 1 is 1.20 bits per heavy atom. The predicted octanol–water partition coefficient (Wildman–Crippen LogP) is 4.30. The first kappa shape index (κ1) is 13.0. The molecule has 0 radical (unpaired) electrons. The molecule has 0 bridgehead atoms. The summed E-state index contributed by atoms with van der Waals surface area (Å²) in [6.45, 7) is 1.86. The number of rotatable bonds is 2. The van der Waals surface area contributed by atoms with Crippen LogP contribution < -0.4 is 0 Å². The number of alkyl halides is 2. The molecular weight excluding hydrogens is 284 g/mol. The number of hydrogen-bond donors (Lipinski definition) is 0. The van der Waals surface area contributed by atoms with Crippen LogP contribution in [0.5, 0.6) is 0 Å². The molecular formula is C14H10ClF2N3. The van der Waals surface area contributed by atoms with Crippen molar-refractivity contribution in [3.05, 3.63) is 52.8 Å². The van der Waals surface area contributed by atoms with Gasteiger partial charge in [-0.3, -0.25) is 0 Å². The molecule has 3 aromatic rings. The van der Waals surface area contributed by atoms with E-state index in [0.29, 0.717) is 16.4 Å². The highest BCUT2D eigenvalue weighted by Crippen LogP contribution is 2.27. The van der Waals surface area contributed by atoms with Crippen LogP contribution in [0.25, 0.3) is 16.9 Å². The first-order valence-electron chi connectivity index (χ1n) is 5.95. The van der Waals surface area contributed by atoms with Gasteiger partial charge in [0.05, 0.1) is 11.9 Å². The van der Waals surface area contributed by atoms with E-state index in [4.69, 9.17) is 11.6 Å². The highest BCUT2D eigenvalue weighted by Gasteiger charge is 2.16. The van der Waals surface area contributed by atoms with Crippen LogP contribution >= 0.6 is 11.6 Å². The summed E-state index contributed by atoms with van der Waals surface area (Å²) in [7, 11) is 0. The quantitative estimate of drug-likeness (QED) is 0.705. The van der Waals surface area contributed by atoms with Crippen LogP contribution in [0.1, 0.15) is 17.7 Å². The van der Waals surface area contributed by atoms with Gasteiger partial charge in [-0.25, -0.2) is 18.3 Å². The SMILES string of the molecule is Cc1cc(-c2cc(C(F)F)n3nccc3n2)ccc1Cl. The average molecular weight is 294 g/mol. The van der Waals surface area contributed by atoms with E-state index >= 15 is 0 Å². The van der Waals surface area contributed by atoms with Gasteiger partial charge in [0, 0.05) is 16.7 Å². The number of fused-ring (bicyclic) bond motifs is 1. The molecule has 3 rings (SSSR count). The number of benzene rings is 1. The van der Waals surface area contributed by atoms with E-state index in [1.807, 2.05) is 13.0 Å². The molecule has 0 spiro atoms. The molecule has 0 saturated carbocycles. The van der Waals surface area contributed by atoms with Crippen LogP contribution in [0, 0.1) is 6.92 Å². The second-order valence-electron chi connectivity index (χ2n) is 4.43. The summed E-state index contributed by atoms with van der Waals surface area (Å²) in [5.41, 5.74) is 2.32. The zero-order valence-electron chi connectivity index (χ0n) is 10.5. The van der Waals surface area contributed by atoms with E-state index in [9.17, 15) is 8.78 Å². The standard InChI is InChI=1S/C14H10ClF2N3/c1-8-6-9(2-3-10(8)15)11-7-12(14(16)17)20-13(19-11)4-5-18-20/h2-7,14H,1H3. The van der Waals surface area contributed by atoms with E-state index in [-0.39, 0.29) is 5.69 Å². The first-order chi connectivity index (χ1) is 9.56. The predicted molar refractivity (Wildman–Crippen MR) is 73.1 cm³/mol. The van der Waals surface area contributed by atoms with Crippen LogP contribution in [0.3, 0.4) is 0 Å². The van der Waals surface area contributed by atoms with Crippen molar-refractivity contribution in [2.75, 3.05) is 0 Å². The van der Waals surface area contributed by atoms with Crippen molar-refractivity contribution in [1.82, 2.24) is 14.6 Å². The molecule has 20 heavy (non-hydrogen) atoms. The van der Waals surface area contributed by atoms with Crippen LogP contribution in [-0.2, 0) is 0 Å². The van der Waals surface area contributed by atoms with Gasteiger partial charge in [-0.2, -0.15) is 5.10 Å². The molecule has 3 nitrogen and oxygen atoms in total. The molecule has 0 atom stereocenters. The molecule has 0 aliphatic rings. The lowest BCUT2D eigenvalue weighted by Gasteiger charge is -2.08. The molecule has 2 aromatic heterocycles. The summed E-state index contributed by atoms with van der Waals surface area (Å²) in [5.74, 6) is 0. The van der Waals surface area contributed by atoms with Gasteiger partial charge >= 0.3 is 0 Å². The van der Waals surface area contributed by atoms with Gasteiger partial charge in [0.1, 0.15) is 5.69 Å². The Bertz CT molecular complexity index is 783. The smallest absolute Gasteiger partial charge is 0.229 e. The second kappa shape index (κ2) is 4.83. The summed E-state index contributed by atoms with van der Waals surface area (Å²) >= 11 is 5.97. The van der Waals surface area contributed by atoms with Crippen LogP contribution in [0.4, 0.5) is 8.78 Å². The third-order valence-corrected chi connectivity index (χ3v) is 3.49. The van der Waals surface area contributed by atoms with Gasteiger partial charge in [-0.15, -0.1) is 0 Å². The lowest BCUT2D eigenvalue weighted by atomic mass is 10.1. The topological polar surface area (TPSA) is 30.2 Å². The summed E-state index contributed by atoms with van der Waals surface area (Å²) in [6.07, 6.45) is -1.17. The van der Waals surface area contributed by atoms with E-state index in [1.165, 1.54) is 12.3 Å². The lowest BCUT2D eigenvalue weighted by Crippen LogP contribution is -2.02. The zero-order chi connectivity index (χ0) is 14.3. The lowest BCUT2D eigenvalue weighted by molar-refractivity contribution is 0.143. The van der Waals surface area contributed by atoms with Crippen molar-refractivity contribution in [2.45, 2.75) is 13.3 Å². The molecule has 0 N–H and O–H groups in total. The minimum absolute atomic E-state index is 0.178. The van der Waals surface area contributed by atoms with Crippen molar-refractivity contribution in [2.24, 2.45) is 0 Å². The van der Waals surface area contributed by atoms with Crippen LogP contribution in [0.2, 0.25) is 5.02 Å². The number of halogens is 3. The minimum Gasteiger partial charge on any atom is -0.229 e. The molecule has 0 fully saturated rings. The molecule has 0 unspecified atom stereocenters. The summed E-state index contributed by atoms with van der Waals surface area (Å²) in [4.78, 5) is 4.34. The van der Waals surface area contributed by atoms with E-state index in [0.717, 1.165) is 15.6 Å². The Labute approximate surface area is 118 Å². The van der Waals surface area contributed by atoms with E-state index in [2.05, 4.69) is 10.1 Å². The van der Waals surface area contributed by atoms with Crippen molar-refractivity contribution in [3.63, 3.8) is 0 Å². The molecule has 0 aliphatic heterocycles. The minimum atomic E-state index is -2.62. The molecule has 2 heterocycles. The molecule has 102 valence electrons. The van der Waals surface area contributed by atoms with Crippen molar-refractivity contribution < 1.29 is 8.78 Å². The van der Waals surface area contributed by atoms with E-state index in [1.54, 1.807) is 18.2 Å². The van der Waals surface area contributed by atoms with Gasteiger partial charge < -0.3 is 0 Å². The fourth-order valence-corrected chi connectivity index (χ4v) is 2.16. The fraction of sp³-hybridized carbons (Fsp3) is 0.143. The third kappa shape index (κ3) is 2.14. The van der Waals surface area contributed by atoms with Gasteiger partial charge in [-0.05, 0) is 30.7 Å². The Balaban J connectivity index is 2.22. The first-order valence-corrected chi connectivity index (χ1v) is 6.33. The average Bonchev–Trinajstić information content (AvgIpc) is 2.88. The maximum atomic E-state index is 13.1. The number of aromatic nitrogens is 3. The molecule has 0 aliphatic carbocycles. The molecule has 1 aromatic carbocycles. The molecule has 0 saturated heterocycles. The van der Waals surface area contributed by atoms with Gasteiger partial charge in [0.25, 0.3) is 6.43 Å². The van der Waals surface area contributed by atoms with Crippen molar-refractivity contribution in [3.8, 4) is 11.3 Å². The summed E-state index contributed by atoms with van der Waals surface area (Å²) in [6, 6.07) is 8.27. The normalized spacial score (nSPS) is 11.4. The number of aryl methyl sites for hydroxylation is 1. The third-order valence-electron chi connectivity index (χ3n) is 3.06. The monoisotopic (exact) mass is 293 g/mol. The van der Waals surface area contributed by atoms with Crippen molar-refractivity contribution >= 4 is 17.2 Å². The fourth-order valence-electron chi connectivity index (χ4n) is 2.04. The Hall–Kier alpha value is -2.01. The number of hydrogen-bond acceptors (Lipinski definition) is 2. The van der Waals surface area contributed by atoms with Crippen molar-refractivity contribution in [1.29, 1.82) is 0 Å². The largest absolute Gasteiger partial charge is 0.280 e. The van der Waals surface area contributed by atoms with Gasteiger partial charge in [0.2, 0.25) is 0 Å². The second-order valence-corrected chi connectivity index (χ2v) is 4.84. The highest BCUT2D eigenvalue weighted by molar-refractivity contribution is 6.31. The van der Waals surface area contributed by atoms with E-state index < -0.39 is 6.43 Å². The number of nitrogens with zero attached hydrogens (tertiary/aromatic N) is 3. The Kier molecular flexibility index (Phi) is 3.14. The van der Waals surface area contributed by atoms with Crippen LogP contribution in [0.15, 0.2) is 36.5 Å². The molecule has 6 heteroatoms. The van der Waals surface area contributed by atoms with Crippen LogP contribution in [-0.4, -0.2) is 14.6 Å².